The summed E-state index contributed by atoms with van der Waals surface area (Å²) in [6, 6.07) is 10.0. The molecule has 0 bridgehead atoms. The standard InChI is InChI=1S/C20H23NO3/c1-12-5-7-16(8-6-12)21-14(3)10-18(15(21)4)19(22)11-24-20(23)17-9-13(17)2/h5-8,10,13,17H,9,11H2,1-4H3. The Morgan fingerprint density at radius 1 is 1.17 bits per heavy atom. The summed E-state index contributed by atoms with van der Waals surface area (Å²) in [7, 11) is 0. The van der Waals surface area contributed by atoms with Crippen molar-refractivity contribution < 1.29 is 14.3 Å². The van der Waals surface area contributed by atoms with E-state index in [1.807, 2.05) is 58.0 Å². The molecule has 2 aromatic rings. The van der Waals surface area contributed by atoms with Crippen LogP contribution >= 0.6 is 0 Å². The molecule has 4 heteroatoms. The van der Waals surface area contributed by atoms with Gasteiger partial charge in [-0.25, -0.2) is 0 Å². The van der Waals surface area contributed by atoms with Gasteiger partial charge in [-0.05, 0) is 51.3 Å². The highest BCUT2D eigenvalue weighted by molar-refractivity contribution is 5.99. The molecule has 1 aromatic heterocycles. The minimum absolute atomic E-state index is 0.0159. The highest BCUT2D eigenvalue weighted by Gasteiger charge is 2.40. The summed E-state index contributed by atoms with van der Waals surface area (Å²) in [5, 5.41) is 0. The van der Waals surface area contributed by atoms with Gasteiger partial charge in [0.1, 0.15) is 0 Å². The molecule has 0 N–H and O–H groups in total. The zero-order valence-electron chi connectivity index (χ0n) is 14.6. The van der Waals surface area contributed by atoms with E-state index in [0.29, 0.717) is 11.5 Å². The van der Waals surface area contributed by atoms with Crippen LogP contribution in [0.15, 0.2) is 30.3 Å². The third-order valence-electron chi connectivity index (χ3n) is 4.78. The predicted octanol–water partition coefficient (Wildman–Crippen LogP) is 3.78. The molecule has 3 rings (SSSR count). The molecule has 0 amide bonds. The Labute approximate surface area is 142 Å². The van der Waals surface area contributed by atoms with E-state index in [-0.39, 0.29) is 24.3 Å². The third-order valence-corrected chi connectivity index (χ3v) is 4.78. The number of hydrogen-bond donors (Lipinski definition) is 0. The lowest BCUT2D eigenvalue weighted by molar-refractivity contribution is -0.144. The number of ether oxygens (including phenoxy) is 1. The van der Waals surface area contributed by atoms with Gasteiger partial charge in [0.2, 0.25) is 5.78 Å². The molecule has 2 atom stereocenters. The molecule has 0 saturated heterocycles. The number of esters is 1. The molecule has 1 aliphatic carbocycles. The first-order valence-corrected chi connectivity index (χ1v) is 8.34. The van der Waals surface area contributed by atoms with E-state index in [1.165, 1.54) is 5.56 Å². The Bertz CT molecular complexity index is 786. The maximum Gasteiger partial charge on any atom is 0.309 e. The summed E-state index contributed by atoms with van der Waals surface area (Å²) in [4.78, 5) is 24.2. The minimum atomic E-state index is -0.247. The quantitative estimate of drug-likeness (QED) is 0.621. The molecule has 1 saturated carbocycles. The van der Waals surface area contributed by atoms with Crippen molar-refractivity contribution in [3.63, 3.8) is 0 Å². The maximum atomic E-state index is 12.5. The molecule has 1 aromatic carbocycles. The second kappa shape index (κ2) is 6.27. The normalized spacial score (nSPS) is 19.2. The molecule has 0 aliphatic heterocycles. The Kier molecular flexibility index (Phi) is 4.31. The van der Waals surface area contributed by atoms with Crippen LogP contribution < -0.4 is 0 Å². The smallest absolute Gasteiger partial charge is 0.309 e. The van der Waals surface area contributed by atoms with Crippen LogP contribution in [0.2, 0.25) is 0 Å². The first-order chi connectivity index (χ1) is 11.4. The van der Waals surface area contributed by atoms with Gasteiger partial charge in [0.15, 0.2) is 6.61 Å². The fourth-order valence-electron chi connectivity index (χ4n) is 3.11. The second-order valence-electron chi connectivity index (χ2n) is 6.81. The third kappa shape index (κ3) is 3.14. The Hall–Kier alpha value is -2.36. The number of rotatable bonds is 5. The molecule has 126 valence electrons. The average molecular weight is 325 g/mol. The number of ketones is 1. The Morgan fingerprint density at radius 3 is 2.38 bits per heavy atom. The predicted molar refractivity (Wildman–Crippen MR) is 92.5 cm³/mol. The van der Waals surface area contributed by atoms with Crippen LogP contribution in [-0.2, 0) is 9.53 Å². The second-order valence-corrected chi connectivity index (χ2v) is 6.81. The van der Waals surface area contributed by atoms with E-state index in [0.717, 1.165) is 23.5 Å². The van der Waals surface area contributed by atoms with Crippen LogP contribution in [0.5, 0.6) is 0 Å². The molecule has 24 heavy (non-hydrogen) atoms. The SMILES string of the molecule is Cc1ccc(-n2c(C)cc(C(=O)COC(=O)C3CC3C)c2C)cc1. The van der Waals surface area contributed by atoms with Crippen molar-refractivity contribution in [3.8, 4) is 5.69 Å². The summed E-state index contributed by atoms with van der Waals surface area (Å²) >= 11 is 0. The van der Waals surface area contributed by atoms with E-state index in [9.17, 15) is 9.59 Å². The number of hydrogen-bond acceptors (Lipinski definition) is 3. The molecule has 0 radical (unpaired) electrons. The number of benzene rings is 1. The summed E-state index contributed by atoms with van der Waals surface area (Å²) in [5.74, 6) is -0.0247. The lowest BCUT2D eigenvalue weighted by atomic mass is 10.1. The van der Waals surface area contributed by atoms with Gasteiger partial charge in [-0.3, -0.25) is 9.59 Å². The summed E-state index contributed by atoms with van der Waals surface area (Å²) in [6.45, 7) is 7.78. The van der Waals surface area contributed by atoms with Crippen LogP contribution in [0, 0.1) is 32.6 Å². The van der Waals surface area contributed by atoms with Crippen molar-refractivity contribution >= 4 is 11.8 Å². The summed E-state index contributed by atoms with van der Waals surface area (Å²) in [5.41, 5.74) is 4.70. The van der Waals surface area contributed by atoms with Gasteiger partial charge in [-0.2, -0.15) is 0 Å². The molecule has 1 fully saturated rings. The molecular formula is C20H23NO3. The zero-order valence-corrected chi connectivity index (χ0v) is 14.6. The van der Waals surface area contributed by atoms with Gasteiger partial charge in [0, 0.05) is 22.6 Å². The maximum absolute atomic E-state index is 12.5. The number of carbonyl (C=O) groups is 2. The number of aryl methyl sites for hydroxylation is 2. The first-order valence-electron chi connectivity index (χ1n) is 8.34. The number of Topliss-reactive ketones (excluding diaryl/α,β-unsaturated/α-hetero) is 1. The Morgan fingerprint density at radius 2 is 1.79 bits per heavy atom. The van der Waals surface area contributed by atoms with E-state index < -0.39 is 0 Å². The van der Waals surface area contributed by atoms with E-state index in [2.05, 4.69) is 4.57 Å². The molecule has 1 aliphatic rings. The molecule has 0 spiro atoms. The van der Waals surface area contributed by atoms with Gasteiger partial charge in [-0.15, -0.1) is 0 Å². The van der Waals surface area contributed by atoms with Crippen molar-refractivity contribution in [2.24, 2.45) is 11.8 Å². The largest absolute Gasteiger partial charge is 0.457 e. The van der Waals surface area contributed by atoms with Crippen LogP contribution in [-0.4, -0.2) is 22.9 Å². The zero-order chi connectivity index (χ0) is 17.4. The van der Waals surface area contributed by atoms with Gasteiger partial charge in [-0.1, -0.05) is 24.6 Å². The molecular weight excluding hydrogens is 302 g/mol. The summed E-state index contributed by atoms with van der Waals surface area (Å²) < 4.78 is 7.23. The van der Waals surface area contributed by atoms with Gasteiger partial charge >= 0.3 is 5.97 Å². The van der Waals surface area contributed by atoms with Crippen LogP contribution in [0.4, 0.5) is 0 Å². The number of nitrogens with zero attached hydrogens (tertiary/aromatic N) is 1. The molecule has 2 unspecified atom stereocenters. The highest BCUT2D eigenvalue weighted by Crippen LogP contribution is 2.38. The molecule has 4 nitrogen and oxygen atoms in total. The molecule has 1 heterocycles. The number of carbonyl (C=O) groups excluding carboxylic acids is 2. The lowest BCUT2D eigenvalue weighted by Crippen LogP contribution is -2.16. The van der Waals surface area contributed by atoms with Crippen molar-refractivity contribution in [3.05, 3.63) is 52.8 Å². The van der Waals surface area contributed by atoms with Gasteiger partial charge in [0.25, 0.3) is 0 Å². The summed E-state index contributed by atoms with van der Waals surface area (Å²) in [6.07, 6.45) is 0.870. The monoisotopic (exact) mass is 325 g/mol. The van der Waals surface area contributed by atoms with Crippen LogP contribution in [0.1, 0.15) is 40.7 Å². The highest BCUT2D eigenvalue weighted by atomic mass is 16.5. The van der Waals surface area contributed by atoms with E-state index >= 15 is 0 Å². The minimum Gasteiger partial charge on any atom is -0.457 e. The van der Waals surface area contributed by atoms with Crippen molar-refractivity contribution in [2.45, 2.75) is 34.1 Å². The van der Waals surface area contributed by atoms with Crippen LogP contribution in [0.3, 0.4) is 0 Å². The van der Waals surface area contributed by atoms with Gasteiger partial charge < -0.3 is 9.30 Å². The number of aromatic nitrogens is 1. The van der Waals surface area contributed by atoms with E-state index in [4.69, 9.17) is 4.74 Å². The average Bonchev–Trinajstić information content (AvgIpc) is 3.21. The fourth-order valence-corrected chi connectivity index (χ4v) is 3.11. The lowest BCUT2D eigenvalue weighted by Gasteiger charge is -2.10. The van der Waals surface area contributed by atoms with Crippen molar-refractivity contribution in [1.82, 2.24) is 4.57 Å². The first kappa shape index (κ1) is 16.5. The van der Waals surface area contributed by atoms with Gasteiger partial charge in [0.05, 0.1) is 5.92 Å². The fraction of sp³-hybridized carbons (Fsp3) is 0.400. The Balaban J connectivity index is 1.76. The topological polar surface area (TPSA) is 48.3 Å². The van der Waals surface area contributed by atoms with E-state index in [1.54, 1.807) is 0 Å². The van der Waals surface area contributed by atoms with Crippen LogP contribution in [0.25, 0.3) is 5.69 Å². The van der Waals surface area contributed by atoms with Crippen molar-refractivity contribution in [2.75, 3.05) is 6.61 Å². The van der Waals surface area contributed by atoms with Crippen molar-refractivity contribution in [1.29, 1.82) is 0 Å².